The first kappa shape index (κ1) is 18.9. The highest BCUT2D eigenvalue weighted by Crippen LogP contribution is 2.36. The topological polar surface area (TPSA) is 88.3 Å². The number of nitrogens with one attached hydrogen (secondary N) is 1. The van der Waals surface area contributed by atoms with E-state index in [4.69, 9.17) is 5.11 Å². The van der Waals surface area contributed by atoms with E-state index in [1.54, 1.807) is 12.1 Å². The molecule has 0 aliphatic carbocycles. The van der Waals surface area contributed by atoms with Crippen molar-refractivity contribution in [3.05, 3.63) is 52.6 Å². The summed E-state index contributed by atoms with van der Waals surface area (Å²) in [5, 5.41) is 24.7. The molecule has 2 N–H and O–H groups in total. The van der Waals surface area contributed by atoms with Crippen molar-refractivity contribution in [3.63, 3.8) is 0 Å². The third-order valence-corrected chi connectivity index (χ3v) is 3.30. The number of nitrogens with zero attached hydrogens (tertiary/aromatic N) is 2. The predicted molar refractivity (Wildman–Crippen MR) is 96.0 cm³/mol. The fourth-order valence-corrected chi connectivity index (χ4v) is 2.44. The van der Waals surface area contributed by atoms with Crippen molar-refractivity contribution in [1.29, 1.82) is 0 Å². The van der Waals surface area contributed by atoms with Crippen LogP contribution in [0.1, 0.15) is 0 Å². The molecule has 3 aromatic rings. The molecule has 8 heteroatoms. The van der Waals surface area contributed by atoms with Gasteiger partial charge in [0, 0.05) is 18.0 Å². The highest BCUT2D eigenvalue weighted by Gasteiger charge is 2.18. The van der Waals surface area contributed by atoms with Gasteiger partial charge in [-0.1, -0.05) is 24.3 Å². The summed E-state index contributed by atoms with van der Waals surface area (Å²) < 4.78 is 0. The van der Waals surface area contributed by atoms with Gasteiger partial charge in [-0.3, -0.25) is 10.1 Å². The molecule has 1 aromatic heterocycles. The molecule has 0 bridgehead atoms. The highest BCUT2D eigenvalue weighted by atomic mass is 35.5. The fourth-order valence-electron chi connectivity index (χ4n) is 2.44. The molecule has 0 fully saturated rings. The lowest BCUT2D eigenvalue weighted by Gasteiger charge is -2.12. The standard InChI is InChI=1S/C15H13N3O3.2ClH/c19-9-8-16-15-10-4-1-2-5-11(10)17-12-6-3-7-13(14(12)15)18(20)21;;/h1-7,19H,8-9H2,(H,16,17);2*1H. The minimum absolute atomic E-state index is 0. The summed E-state index contributed by atoms with van der Waals surface area (Å²) in [6.45, 7) is 0.258. The summed E-state index contributed by atoms with van der Waals surface area (Å²) >= 11 is 0. The molecule has 6 nitrogen and oxygen atoms in total. The Morgan fingerprint density at radius 1 is 1.09 bits per heavy atom. The minimum atomic E-state index is -0.414. The first-order chi connectivity index (χ1) is 10.2. The van der Waals surface area contributed by atoms with E-state index in [0.29, 0.717) is 23.1 Å². The zero-order chi connectivity index (χ0) is 14.8. The predicted octanol–water partition coefficient (Wildman–Crippen LogP) is 3.54. The smallest absolute Gasteiger partial charge is 0.280 e. The molecule has 0 saturated heterocycles. The zero-order valence-corrected chi connectivity index (χ0v) is 13.6. The van der Waals surface area contributed by atoms with Gasteiger partial charge >= 0.3 is 0 Å². The van der Waals surface area contributed by atoms with Crippen LogP contribution in [0.25, 0.3) is 21.8 Å². The molecule has 0 atom stereocenters. The lowest BCUT2D eigenvalue weighted by atomic mass is 10.1. The Morgan fingerprint density at radius 3 is 2.48 bits per heavy atom. The van der Waals surface area contributed by atoms with Crippen molar-refractivity contribution < 1.29 is 10.0 Å². The van der Waals surface area contributed by atoms with E-state index in [0.717, 1.165) is 10.9 Å². The molecular weight excluding hydrogens is 341 g/mol. The monoisotopic (exact) mass is 355 g/mol. The SMILES string of the molecule is Cl.Cl.O=[N+]([O-])c1cccc2nc3ccccc3c(NCCO)c12. The Morgan fingerprint density at radius 2 is 1.78 bits per heavy atom. The second-order valence-electron chi connectivity index (χ2n) is 4.58. The number of nitro benzene ring substituents is 1. The van der Waals surface area contributed by atoms with Crippen molar-refractivity contribution in [2.45, 2.75) is 0 Å². The van der Waals surface area contributed by atoms with Gasteiger partial charge in [-0.25, -0.2) is 4.98 Å². The number of hydrogen-bond acceptors (Lipinski definition) is 5. The third kappa shape index (κ3) is 3.44. The Labute approximate surface area is 144 Å². The first-order valence-corrected chi connectivity index (χ1v) is 6.53. The van der Waals surface area contributed by atoms with Crippen molar-refractivity contribution in [3.8, 4) is 0 Å². The van der Waals surface area contributed by atoms with Crippen molar-refractivity contribution in [2.24, 2.45) is 0 Å². The van der Waals surface area contributed by atoms with Gasteiger partial charge < -0.3 is 10.4 Å². The van der Waals surface area contributed by atoms with Gasteiger partial charge in [-0.05, 0) is 12.1 Å². The summed E-state index contributed by atoms with van der Waals surface area (Å²) in [6, 6.07) is 12.3. The molecule has 0 aliphatic rings. The maximum absolute atomic E-state index is 11.3. The summed E-state index contributed by atoms with van der Waals surface area (Å²) in [5.41, 5.74) is 1.96. The summed E-state index contributed by atoms with van der Waals surface area (Å²) in [7, 11) is 0. The van der Waals surface area contributed by atoms with E-state index in [1.165, 1.54) is 6.07 Å². The van der Waals surface area contributed by atoms with Gasteiger partial charge in [0.15, 0.2) is 0 Å². The number of anilines is 1. The number of aliphatic hydroxyl groups excluding tert-OH is 1. The molecular formula is C15H15Cl2N3O3. The molecule has 3 rings (SSSR count). The Balaban J connectivity index is 0.00000132. The van der Waals surface area contributed by atoms with Gasteiger partial charge in [0.05, 0.1) is 28.3 Å². The van der Waals surface area contributed by atoms with Crippen LogP contribution in [0.3, 0.4) is 0 Å². The van der Waals surface area contributed by atoms with Crippen LogP contribution in [0.4, 0.5) is 11.4 Å². The maximum atomic E-state index is 11.3. The molecule has 122 valence electrons. The van der Waals surface area contributed by atoms with Crippen LogP contribution in [0.5, 0.6) is 0 Å². The van der Waals surface area contributed by atoms with E-state index < -0.39 is 4.92 Å². The fraction of sp³-hybridized carbons (Fsp3) is 0.133. The number of nitro groups is 1. The average Bonchev–Trinajstić information content (AvgIpc) is 2.50. The van der Waals surface area contributed by atoms with E-state index in [-0.39, 0.29) is 37.1 Å². The minimum Gasteiger partial charge on any atom is -0.395 e. The number of rotatable bonds is 4. The quantitative estimate of drug-likeness (QED) is 0.424. The van der Waals surface area contributed by atoms with Gasteiger partial charge in [-0.15, -0.1) is 24.8 Å². The number of aliphatic hydroxyl groups is 1. The first-order valence-electron chi connectivity index (χ1n) is 6.53. The van der Waals surface area contributed by atoms with Crippen LogP contribution >= 0.6 is 24.8 Å². The van der Waals surface area contributed by atoms with Crippen LogP contribution < -0.4 is 5.32 Å². The molecule has 0 spiro atoms. The van der Waals surface area contributed by atoms with Gasteiger partial charge in [-0.2, -0.15) is 0 Å². The molecule has 23 heavy (non-hydrogen) atoms. The summed E-state index contributed by atoms with van der Waals surface area (Å²) in [5.74, 6) is 0. The molecule has 0 saturated carbocycles. The van der Waals surface area contributed by atoms with Crippen LogP contribution in [-0.4, -0.2) is 28.2 Å². The van der Waals surface area contributed by atoms with Crippen molar-refractivity contribution >= 4 is 58.0 Å². The third-order valence-electron chi connectivity index (χ3n) is 3.30. The number of halogens is 2. The summed E-state index contributed by atoms with van der Waals surface area (Å²) in [4.78, 5) is 15.3. The number of para-hydroxylation sites is 1. The Kier molecular flexibility index (Phi) is 6.50. The van der Waals surface area contributed by atoms with Gasteiger partial charge in [0.2, 0.25) is 0 Å². The van der Waals surface area contributed by atoms with Crippen LogP contribution in [0, 0.1) is 10.1 Å². The lowest BCUT2D eigenvalue weighted by molar-refractivity contribution is -0.383. The maximum Gasteiger partial charge on any atom is 0.280 e. The van der Waals surface area contributed by atoms with Crippen molar-refractivity contribution in [1.82, 2.24) is 4.98 Å². The number of pyridine rings is 1. The number of hydrogen-bond donors (Lipinski definition) is 2. The summed E-state index contributed by atoms with van der Waals surface area (Å²) in [6.07, 6.45) is 0. The van der Waals surface area contributed by atoms with Crippen LogP contribution in [0.2, 0.25) is 0 Å². The number of fused-ring (bicyclic) bond motifs is 2. The number of benzene rings is 2. The molecule has 1 heterocycles. The van der Waals surface area contributed by atoms with Gasteiger partial charge in [0.25, 0.3) is 5.69 Å². The van der Waals surface area contributed by atoms with E-state index in [1.807, 2.05) is 24.3 Å². The largest absolute Gasteiger partial charge is 0.395 e. The second-order valence-corrected chi connectivity index (χ2v) is 4.58. The molecule has 0 radical (unpaired) electrons. The van der Waals surface area contributed by atoms with Gasteiger partial charge in [0.1, 0.15) is 5.39 Å². The molecule has 2 aromatic carbocycles. The van der Waals surface area contributed by atoms with Crippen molar-refractivity contribution in [2.75, 3.05) is 18.5 Å². The average molecular weight is 356 g/mol. The Bertz CT molecular complexity index is 843. The van der Waals surface area contributed by atoms with E-state index in [2.05, 4.69) is 10.3 Å². The highest BCUT2D eigenvalue weighted by molar-refractivity contribution is 6.11. The number of aromatic nitrogens is 1. The van der Waals surface area contributed by atoms with E-state index >= 15 is 0 Å². The van der Waals surface area contributed by atoms with Crippen LogP contribution in [-0.2, 0) is 0 Å². The Hall–Kier alpha value is -2.15. The van der Waals surface area contributed by atoms with Crippen LogP contribution in [0.15, 0.2) is 42.5 Å². The number of non-ortho nitro benzene ring substituents is 1. The zero-order valence-electron chi connectivity index (χ0n) is 11.9. The molecule has 0 aliphatic heterocycles. The lowest BCUT2D eigenvalue weighted by Crippen LogP contribution is -2.07. The van der Waals surface area contributed by atoms with E-state index in [9.17, 15) is 10.1 Å². The molecule has 0 amide bonds. The molecule has 0 unspecified atom stereocenters. The second kappa shape index (κ2) is 7.92. The normalized spacial score (nSPS) is 9.96.